The zero-order valence-electron chi connectivity index (χ0n) is 10.2. The first-order valence-corrected chi connectivity index (χ1v) is 5.64. The summed E-state index contributed by atoms with van der Waals surface area (Å²) in [5.74, 6) is -1.56. The summed E-state index contributed by atoms with van der Waals surface area (Å²) >= 11 is 0. The summed E-state index contributed by atoms with van der Waals surface area (Å²) < 4.78 is 27.2. The average molecular weight is 259 g/mol. The van der Waals surface area contributed by atoms with Gasteiger partial charge in [0.1, 0.15) is 5.69 Å². The summed E-state index contributed by atoms with van der Waals surface area (Å²) in [6.45, 7) is 2.12. The van der Waals surface area contributed by atoms with Gasteiger partial charge in [0.05, 0.1) is 11.6 Å². The summed E-state index contributed by atoms with van der Waals surface area (Å²) in [6.07, 6.45) is 1.64. The highest BCUT2D eigenvalue weighted by Crippen LogP contribution is 2.21. The Morgan fingerprint density at radius 1 is 1.26 bits per heavy atom. The quantitative estimate of drug-likeness (QED) is 0.921. The lowest BCUT2D eigenvalue weighted by molar-refractivity contribution is 0.587. The number of nitrogens with zero attached hydrogens (tertiary/aromatic N) is 2. The van der Waals surface area contributed by atoms with E-state index in [9.17, 15) is 8.78 Å². The number of anilines is 1. The maximum Gasteiger partial charge on any atom is 0.150 e. The largest absolute Gasteiger partial charge is 0.376 e. The second kappa shape index (κ2) is 5.44. The molecule has 2 rings (SSSR count). The molecule has 1 aromatic carbocycles. The molecule has 0 amide bonds. The summed E-state index contributed by atoms with van der Waals surface area (Å²) in [6, 6.07) is 7.35. The van der Waals surface area contributed by atoms with Crippen molar-refractivity contribution in [2.45, 2.75) is 13.5 Å². The third-order valence-electron chi connectivity index (χ3n) is 2.61. The van der Waals surface area contributed by atoms with Crippen LogP contribution < -0.4 is 5.32 Å². The van der Waals surface area contributed by atoms with Gasteiger partial charge in [0.25, 0.3) is 0 Å². The standard InChI is InChI=1S/C14H11F2N3/c1-9-2-3-10(7-18-9)8-19-14-12(15)4-11(6-17)5-13(14)16/h2-5,7,19H,8H2,1H3. The number of pyridine rings is 1. The van der Waals surface area contributed by atoms with E-state index in [1.165, 1.54) is 0 Å². The van der Waals surface area contributed by atoms with E-state index < -0.39 is 11.6 Å². The first-order valence-electron chi connectivity index (χ1n) is 5.64. The first-order chi connectivity index (χ1) is 9.10. The summed E-state index contributed by atoms with van der Waals surface area (Å²) in [4.78, 5) is 4.09. The monoisotopic (exact) mass is 259 g/mol. The van der Waals surface area contributed by atoms with Gasteiger partial charge in [-0.2, -0.15) is 5.26 Å². The molecule has 0 saturated carbocycles. The number of hydrogen-bond acceptors (Lipinski definition) is 3. The third-order valence-corrected chi connectivity index (χ3v) is 2.61. The Morgan fingerprint density at radius 3 is 2.47 bits per heavy atom. The lowest BCUT2D eigenvalue weighted by atomic mass is 10.2. The number of nitriles is 1. The van der Waals surface area contributed by atoms with Gasteiger partial charge in [-0.05, 0) is 30.7 Å². The van der Waals surface area contributed by atoms with Crippen LogP contribution in [0, 0.1) is 29.9 Å². The van der Waals surface area contributed by atoms with Gasteiger partial charge in [0, 0.05) is 18.4 Å². The molecule has 0 radical (unpaired) electrons. The van der Waals surface area contributed by atoms with Crippen LogP contribution >= 0.6 is 0 Å². The molecule has 3 nitrogen and oxygen atoms in total. The lowest BCUT2D eigenvalue weighted by Crippen LogP contribution is -2.05. The van der Waals surface area contributed by atoms with E-state index in [2.05, 4.69) is 10.3 Å². The average Bonchev–Trinajstić information content (AvgIpc) is 2.39. The minimum atomic E-state index is -0.781. The fraction of sp³-hybridized carbons (Fsp3) is 0.143. The van der Waals surface area contributed by atoms with E-state index in [0.717, 1.165) is 23.4 Å². The fourth-order valence-electron chi connectivity index (χ4n) is 1.60. The molecule has 0 spiro atoms. The molecule has 0 aliphatic rings. The summed E-state index contributed by atoms with van der Waals surface area (Å²) in [5, 5.41) is 11.3. The Hall–Kier alpha value is -2.48. The van der Waals surface area contributed by atoms with E-state index >= 15 is 0 Å². The highest BCUT2D eigenvalue weighted by molar-refractivity contribution is 5.50. The van der Waals surface area contributed by atoms with Crippen LogP contribution in [0.25, 0.3) is 0 Å². The molecular weight excluding hydrogens is 248 g/mol. The van der Waals surface area contributed by atoms with Crippen molar-refractivity contribution in [2.75, 3.05) is 5.32 Å². The Bertz CT molecular complexity index is 607. The second-order valence-electron chi connectivity index (χ2n) is 4.09. The van der Waals surface area contributed by atoms with Gasteiger partial charge < -0.3 is 5.32 Å². The van der Waals surface area contributed by atoms with Gasteiger partial charge >= 0.3 is 0 Å². The zero-order valence-corrected chi connectivity index (χ0v) is 10.2. The number of hydrogen-bond donors (Lipinski definition) is 1. The van der Waals surface area contributed by atoms with Crippen molar-refractivity contribution in [1.82, 2.24) is 4.98 Å². The Morgan fingerprint density at radius 2 is 1.95 bits per heavy atom. The predicted molar refractivity (Wildman–Crippen MR) is 67.4 cm³/mol. The van der Waals surface area contributed by atoms with Crippen molar-refractivity contribution in [2.24, 2.45) is 0 Å². The smallest absolute Gasteiger partial charge is 0.150 e. The van der Waals surface area contributed by atoms with Gasteiger partial charge in [0.15, 0.2) is 11.6 Å². The molecule has 0 unspecified atom stereocenters. The minimum absolute atomic E-state index is 0.0439. The molecule has 0 atom stereocenters. The maximum absolute atomic E-state index is 13.6. The molecule has 1 heterocycles. The second-order valence-corrected chi connectivity index (χ2v) is 4.09. The number of aromatic nitrogens is 1. The zero-order chi connectivity index (χ0) is 13.8. The highest BCUT2D eigenvalue weighted by atomic mass is 19.1. The highest BCUT2D eigenvalue weighted by Gasteiger charge is 2.10. The van der Waals surface area contributed by atoms with Crippen LogP contribution in [0.2, 0.25) is 0 Å². The van der Waals surface area contributed by atoms with E-state index in [4.69, 9.17) is 5.26 Å². The van der Waals surface area contributed by atoms with Gasteiger partial charge in [-0.1, -0.05) is 6.07 Å². The van der Waals surface area contributed by atoms with Crippen LogP contribution in [0.3, 0.4) is 0 Å². The van der Waals surface area contributed by atoms with Crippen LogP contribution in [0.1, 0.15) is 16.8 Å². The van der Waals surface area contributed by atoms with Gasteiger partial charge in [-0.3, -0.25) is 4.98 Å². The minimum Gasteiger partial charge on any atom is -0.376 e. The molecule has 2 aromatic rings. The van der Waals surface area contributed by atoms with Gasteiger partial charge in [0.2, 0.25) is 0 Å². The van der Waals surface area contributed by atoms with Crippen LogP contribution in [0.5, 0.6) is 0 Å². The summed E-state index contributed by atoms with van der Waals surface area (Å²) in [7, 11) is 0. The lowest BCUT2D eigenvalue weighted by Gasteiger charge is -2.09. The predicted octanol–water partition coefficient (Wildman–Crippen LogP) is 3.15. The number of aryl methyl sites for hydroxylation is 1. The molecule has 1 N–H and O–H groups in total. The molecule has 0 saturated heterocycles. The van der Waals surface area contributed by atoms with Crippen LogP contribution in [-0.2, 0) is 6.54 Å². The van der Waals surface area contributed by atoms with Crippen molar-refractivity contribution in [3.63, 3.8) is 0 Å². The number of nitrogens with one attached hydrogen (secondary N) is 1. The molecular formula is C14H11F2N3. The van der Waals surface area contributed by atoms with Crippen molar-refractivity contribution >= 4 is 5.69 Å². The Labute approximate surface area is 109 Å². The molecule has 96 valence electrons. The molecule has 0 aliphatic carbocycles. The van der Waals surface area contributed by atoms with Crippen molar-refractivity contribution in [3.8, 4) is 6.07 Å². The normalized spacial score (nSPS) is 10.0. The Balaban J connectivity index is 2.16. The van der Waals surface area contributed by atoms with Crippen molar-refractivity contribution in [1.29, 1.82) is 5.26 Å². The molecule has 1 aromatic heterocycles. The molecule has 5 heteroatoms. The first kappa shape index (κ1) is 13.0. The molecule has 0 bridgehead atoms. The van der Waals surface area contributed by atoms with E-state index in [1.54, 1.807) is 12.3 Å². The van der Waals surface area contributed by atoms with Crippen LogP contribution in [-0.4, -0.2) is 4.98 Å². The van der Waals surface area contributed by atoms with E-state index in [1.807, 2.05) is 19.1 Å². The number of benzene rings is 1. The van der Waals surface area contributed by atoms with Crippen molar-refractivity contribution in [3.05, 3.63) is 58.9 Å². The van der Waals surface area contributed by atoms with E-state index in [-0.39, 0.29) is 17.8 Å². The molecule has 19 heavy (non-hydrogen) atoms. The van der Waals surface area contributed by atoms with E-state index in [0.29, 0.717) is 0 Å². The number of rotatable bonds is 3. The van der Waals surface area contributed by atoms with Crippen LogP contribution in [0.15, 0.2) is 30.5 Å². The van der Waals surface area contributed by atoms with Crippen molar-refractivity contribution < 1.29 is 8.78 Å². The summed E-state index contributed by atoms with van der Waals surface area (Å²) in [5.41, 5.74) is 1.41. The molecule has 0 aliphatic heterocycles. The SMILES string of the molecule is Cc1ccc(CNc2c(F)cc(C#N)cc2F)cn1. The van der Waals surface area contributed by atoms with Gasteiger partial charge in [-0.25, -0.2) is 8.78 Å². The number of halogens is 2. The van der Waals surface area contributed by atoms with Gasteiger partial charge in [-0.15, -0.1) is 0 Å². The Kier molecular flexibility index (Phi) is 3.71. The molecule has 0 fully saturated rings. The van der Waals surface area contributed by atoms with Crippen LogP contribution in [0.4, 0.5) is 14.5 Å². The fourth-order valence-corrected chi connectivity index (χ4v) is 1.60. The topological polar surface area (TPSA) is 48.7 Å². The third kappa shape index (κ3) is 3.05. The maximum atomic E-state index is 13.6.